The highest BCUT2D eigenvalue weighted by atomic mass is 14.7. The fourth-order valence-electron chi connectivity index (χ4n) is 1.25. The topological polar surface area (TPSA) is 40.5 Å². The molecule has 0 amide bonds. The van der Waals surface area contributed by atoms with E-state index < -0.39 is 0 Å². The second kappa shape index (κ2) is 2.91. The Labute approximate surface area is 71.0 Å². The summed E-state index contributed by atoms with van der Waals surface area (Å²) in [5.74, 6) is 0. The molecule has 1 aromatic heterocycles. The minimum Gasteiger partial charge on any atom is -0.353 e. The number of hydrogen-bond acceptors (Lipinski definition) is 1. The summed E-state index contributed by atoms with van der Waals surface area (Å²) in [6.07, 6.45) is 0. The van der Waals surface area contributed by atoms with Crippen molar-refractivity contribution in [1.29, 1.82) is 0 Å². The highest BCUT2D eigenvalue weighted by molar-refractivity contribution is 5.78. The van der Waals surface area contributed by atoms with Crippen LogP contribution in [0.5, 0.6) is 0 Å². The maximum absolute atomic E-state index is 4.43. The second-order valence-electron chi connectivity index (χ2n) is 2.75. The van der Waals surface area contributed by atoms with Gasteiger partial charge >= 0.3 is 0 Å². The maximum atomic E-state index is 4.43. The summed E-state index contributed by atoms with van der Waals surface area (Å²) in [7, 11) is 0. The van der Waals surface area contributed by atoms with Crippen LogP contribution >= 0.6 is 0 Å². The SMILES string of the molecule is [NH3+]Cc1ccc2ccccc2n1. The van der Waals surface area contributed by atoms with Crippen molar-refractivity contribution in [3.63, 3.8) is 0 Å². The van der Waals surface area contributed by atoms with Crippen molar-refractivity contribution in [3.05, 3.63) is 42.1 Å². The number of aromatic nitrogens is 1. The van der Waals surface area contributed by atoms with Crippen LogP contribution in [0.2, 0.25) is 0 Å². The van der Waals surface area contributed by atoms with Crippen LogP contribution in [0.15, 0.2) is 36.4 Å². The Morgan fingerprint density at radius 3 is 2.75 bits per heavy atom. The van der Waals surface area contributed by atoms with Crippen molar-refractivity contribution >= 4 is 10.9 Å². The van der Waals surface area contributed by atoms with Gasteiger partial charge in [0.25, 0.3) is 0 Å². The van der Waals surface area contributed by atoms with Crippen molar-refractivity contribution in [2.45, 2.75) is 6.54 Å². The van der Waals surface area contributed by atoms with E-state index in [2.05, 4.69) is 22.9 Å². The third-order valence-electron chi connectivity index (χ3n) is 1.91. The predicted molar refractivity (Wildman–Crippen MR) is 48.3 cm³/mol. The molecule has 3 N–H and O–H groups in total. The van der Waals surface area contributed by atoms with E-state index in [1.165, 1.54) is 5.39 Å². The predicted octanol–water partition coefficient (Wildman–Crippen LogP) is 0.977. The molecule has 0 aliphatic carbocycles. The summed E-state index contributed by atoms with van der Waals surface area (Å²) in [6.45, 7) is 0.755. The molecule has 0 aliphatic heterocycles. The van der Waals surface area contributed by atoms with Gasteiger partial charge in [-0.3, -0.25) is 0 Å². The summed E-state index contributed by atoms with van der Waals surface area (Å²) in [6, 6.07) is 12.2. The van der Waals surface area contributed by atoms with Crippen LogP contribution in [-0.4, -0.2) is 4.98 Å². The molecular formula is C10H11N2+. The Morgan fingerprint density at radius 1 is 1.08 bits per heavy atom. The maximum Gasteiger partial charge on any atom is 0.117 e. The Hall–Kier alpha value is -1.41. The van der Waals surface area contributed by atoms with Crippen LogP contribution in [0.1, 0.15) is 5.69 Å². The van der Waals surface area contributed by atoms with Crippen LogP contribution < -0.4 is 5.73 Å². The van der Waals surface area contributed by atoms with Crippen molar-refractivity contribution in [3.8, 4) is 0 Å². The molecule has 0 saturated heterocycles. The first-order valence-electron chi connectivity index (χ1n) is 4.04. The Kier molecular flexibility index (Phi) is 1.76. The smallest absolute Gasteiger partial charge is 0.117 e. The average Bonchev–Trinajstić information content (AvgIpc) is 2.17. The van der Waals surface area contributed by atoms with Crippen molar-refractivity contribution in [2.24, 2.45) is 0 Å². The molecule has 0 saturated carbocycles. The van der Waals surface area contributed by atoms with Crippen LogP contribution in [0.4, 0.5) is 0 Å². The molecule has 1 aromatic carbocycles. The number of pyridine rings is 1. The first kappa shape index (κ1) is 7.25. The van der Waals surface area contributed by atoms with Gasteiger partial charge in [-0.15, -0.1) is 0 Å². The van der Waals surface area contributed by atoms with E-state index in [0.717, 1.165) is 17.8 Å². The average molecular weight is 159 g/mol. The van der Waals surface area contributed by atoms with Crippen molar-refractivity contribution in [2.75, 3.05) is 0 Å². The van der Waals surface area contributed by atoms with E-state index in [4.69, 9.17) is 0 Å². The molecule has 0 atom stereocenters. The first-order chi connectivity index (χ1) is 5.90. The first-order valence-corrected chi connectivity index (χ1v) is 4.04. The lowest BCUT2D eigenvalue weighted by Gasteiger charge is -1.97. The lowest BCUT2D eigenvalue weighted by molar-refractivity contribution is -0.387. The molecule has 0 aliphatic rings. The van der Waals surface area contributed by atoms with Crippen LogP contribution in [0.3, 0.4) is 0 Å². The minimum absolute atomic E-state index is 0.755. The van der Waals surface area contributed by atoms with Gasteiger partial charge in [0.2, 0.25) is 0 Å². The van der Waals surface area contributed by atoms with Gasteiger partial charge < -0.3 is 5.73 Å². The van der Waals surface area contributed by atoms with E-state index in [0.29, 0.717) is 0 Å². The number of para-hydroxylation sites is 1. The normalized spacial score (nSPS) is 10.4. The van der Waals surface area contributed by atoms with E-state index in [-0.39, 0.29) is 0 Å². The fourth-order valence-corrected chi connectivity index (χ4v) is 1.25. The molecule has 0 unspecified atom stereocenters. The molecule has 2 aromatic rings. The number of rotatable bonds is 1. The Balaban J connectivity index is 2.67. The Bertz CT molecular complexity index is 396. The van der Waals surface area contributed by atoms with Gasteiger partial charge in [0.15, 0.2) is 0 Å². The van der Waals surface area contributed by atoms with Crippen molar-refractivity contribution < 1.29 is 5.73 Å². The number of hydrogen-bond donors (Lipinski definition) is 1. The third-order valence-corrected chi connectivity index (χ3v) is 1.91. The monoisotopic (exact) mass is 159 g/mol. The second-order valence-corrected chi connectivity index (χ2v) is 2.75. The summed E-state index contributed by atoms with van der Waals surface area (Å²) in [5, 5.41) is 1.19. The zero-order chi connectivity index (χ0) is 8.39. The lowest BCUT2D eigenvalue weighted by atomic mass is 10.2. The fraction of sp³-hybridized carbons (Fsp3) is 0.100. The van der Waals surface area contributed by atoms with Gasteiger partial charge in [0.1, 0.15) is 6.54 Å². The molecule has 0 radical (unpaired) electrons. The summed E-state index contributed by atoms with van der Waals surface area (Å²) in [4.78, 5) is 4.43. The third kappa shape index (κ3) is 1.17. The number of benzene rings is 1. The largest absolute Gasteiger partial charge is 0.353 e. The highest BCUT2D eigenvalue weighted by Gasteiger charge is 1.95. The molecule has 12 heavy (non-hydrogen) atoms. The number of nitrogens with zero attached hydrogens (tertiary/aromatic N) is 1. The zero-order valence-electron chi connectivity index (χ0n) is 6.83. The van der Waals surface area contributed by atoms with Gasteiger partial charge in [-0.2, -0.15) is 0 Å². The molecule has 60 valence electrons. The van der Waals surface area contributed by atoms with E-state index in [1.807, 2.05) is 24.3 Å². The quantitative estimate of drug-likeness (QED) is 0.662. The molecule has 0 spiro atoms. The van der Waals surface area contributed by atoms with E-state index >= 15 is 0 Å². The lowest BCUT2D eigenvalue weighted by Crippen LogP contribution is -2.47. The summed E-state index contributed by atoms with van der Waals surface area (Å²) >= 11 is 0. The molecule has 0 fully saturated rings. The van der Waals surface area contributed by atoms with Gasteiger partial charge in [0.05, 0.1) is 11.2 Å². The van der Waals surface area contributed by atoms with Gasteiger partial charge in [-0.1, -0.05) is 24.3 Å². The standard InChI is InChI=1S/C10H10N2/c11-7-9-6-5-8-3-1-2-4-10(8)12-9/h1-6H,7,11H2/p+1. The van der Waals surface area contributed by atoms with Gasteiger partial charge in [0, 0.05) is 5.39 Å². The highest BCUT2D eigenvalue weighted by Crippen LogP contribution is 2.10. The molecule has 2 heteroatoms. The molecule has 2 rings (SSSR count). The molecule has 2 nitrogen and oxygen atoms in total. The summed E-state index contributed by atoms with van der Waals surface area (Å²) in [5.41, 5.74) is 5.90. The molecule has 0 bridgehead atoms. The molecule has 1 heterocycles. The van der Waals surface area contributed by atoms with Gasteiger partial charge in [-0.25, -0.2) is 4.98 Å². The van der Waals surface area contributed by atoms with Crippen LogP contribution in [-0.2, 0) is 6.54 Å². The van der Waals surface area contributed by atoms with Crippen LogP contribution in [0, 0.1) is 0 Å². The minimum atomic E-state index is 0.755. The Morgan fingerprint density at radius 2 is 1.92 bits per heavy atom. The van der Waals surface area contributed by atoms with Crippen molar-refractivity contribution in [1.82, 2.24) is 4.98 Å². The van der Waals surface area contributed by atoms with E-state index in [9.17, 15) is 0 Å². The van der Waals surface area contributed by atoms with E-state index in [1.54, 1.807) is 0 Å². The number of quaternary nitrogens is 1. The van der Waals surface area contributed by atoms with Crippen LogP contribution in [0.25, 0.3) is 10.9 Å². The summed E-state index contributed by atoms with van der Waals surface area (Å²) < 4.78 is 0. The number of fused-ring (bicyclic) bond motifs is 1. The van der Waals surface area contributed by atoms with Gasteiger partial charge in [-0.05, 0) is 12.1 Å². The molecular weight excluding hydrogens is 148 g/mol. The zero-order valence-corrected chi connectivity index (χ0v) is 6.83.